The molecule has 0 fully saturated rings. The summed E-state index contributed by atoms with van der Waals surface area (Å²) in [6, 6.07) is 12.7. The summed E-state index contributed by atoms with van der Waals surface area (Å²) in [5, 5.41) is 4.60. The highest BCUT2D eigenvalue weighted by Gasteiger charge is 2.22. The predicted molar refractivity (Wildman–Crippen MR) is 99.9 cm³/mol. The summed E-state index contributed by atoms with van der Waals surface area (Å²) >= 11 is 6.05. The molecule has 2 aromatic carbocycles. The van der Waals surface area contributed by atoms with Crippen LogP contribution in [0.2, 0.25) is 5.02 Å². The molecule has 1 atom stereocenters. The maximum Gasteiger partial charge on any atom is 0.257 e. The van der Waals surface area contributed by atoms with Crippen molar-refractivity contribution in [3.8, 4) is 11.4 Å². The van der Waals surface area contributed by atoms with Crippen molar-refractivity contribution in [1.29, 1.82) is 0 Å². The molecule has 3 rings (SSSR count). The number of halogens is 1. The van der Waals surface area contributed by atoms with Crippen molar-refractivity contribution in [2.75, 3.05) is 14.2 Å². The topological polar surface area (TPSA) is 60.2 Å². The third-order valence-corrected chi connectivity index (χ3v) is 4.59. The molecular weight excluding hydrogens is 352 g/mol. The van der Waals surface area contributed by atoms with Crippen LogP contribution in [0, 0.1) is 0 Å². The van der Waals surface area contributed by atoms with Crippen molar-refractivity contribution in [2.45, 2.75) is 13.0 Å². The van der Waals surface area contributed by atoms with E-state index in [1.165, 1.54) is 13.4 Å². The Kier molecular flexibility index (Phi) is 5.23. The van der Waals surface area contributed by atoms with Crippen LogP contribution in [0.3, 0.4) is 0 Å². The number of rotatable bonds is 5. The van der Waals surface area contributed by atoms with E-state index >= 15 is 0 Å². The van der Waals surface area contributed by atoms with E-state index in [9.17, 15) is 4.79 Å². The van der Waals surface area contributed by atoms with Crippen molar-refractivity contribution < 1.29 is 9.53 Å². The second-order valence-electron chi connectivity index (χ2n) is 5.87. The number of carbonyl (C=O) groups is 1. The molecule has 7 heteroatoms. The summed E-state index contributed by atoms with van der Waals surface area (Å²) in [7, 11) is 3.30. The van der Waals surface area contributed by atoms with E-state index in [0.717, 1.165) is 11.3 Å². The number of methoxy groups -OCH3 is 1. The van der Waals surface area contributed by atoms with Gasteiger partial charge in [-0.25, -0.2) is 9.67 Å². The van der Waals surface area contributed by atoms with E-state index in [1.54, 1.807) is 41.2 Å². The largest absolute Gasteiger partial charge is 0.496 e. The van der Waals surface area contributed by atoms with Gasteiger partial charge in [-0.15, -0.1) is 0 Å². The SMILES string of the molecule is COc1ccc(Cl)cc1C(=O)N(C)C(C)c1ccc(-n2cncn2)cc1. The lowest BCUT2D eigenvalue weighted by Crippen LogP contribution is -2.30. The number of ether oxygens (including phenoxy) is 1. The summed E-state index contributed by atoms with van der Waals surface area (Å²) in [5.41, 5.74) is 2.35. The van der Waals surface area contributed by atoms with E-state index in [-0.39, 0.29) is 11.9 Å². The molecule has 0 saturated heterocycles. The number of nitrogens with zero attached hydrogens (tertiary/aromatic N) is 4. The highest BCUT2D eigenvalue weighted by atomic mass is 35.5. The number of hydrogen-bond donors (Lipinski definition) is 0. The van der Waals surface area contributed by atoms with Crippen LogP contribution in [0.25, 0.3) is 5.69 Å². The van der Waals surface area contributed by atoms with Gasteiger partial charge in [0.05, 0.1) is 24.4 Å². The van der Waals surface area contributed by atoms with Crippen LogP contribution >= 0.6 is 11.6 Å². The molecule has 1 amide bonds. The van der Waals surface area contributed by atoms with Gasteiger partial charge >= 0.3 is 0 Å². The van der Waals surface area contributed by atoms with E-state index in [0.29, 0.717) is 16.3 Å². The molecule has 0 N–H and O–H groups in total. The number of aromatic nitrogens is 3. The summed E-state index contributed by atoms with van der Waals surface area (Å²) in [4.78, 5) is 18.5. The lowest BCUT2D eigenvalue weighted by molar-refractivity contribution is 0.0739. The minimum Gasteiger partial charge on any atom is -0.496 e. The molecule has 1 unspecified atom stereocenters. The first-order chi connectivity index (χ1) is 12.5. The van der Waals surface area contributed by atoms with Gasteiger partial charge in [0.1, 0.15) is 18.4 Å². The van der Waals surface area contributed by atoms with E-state index in [1.807, 2.05) is 31.2 Å². The average Bonchev–Trinajstić information content (AvgIpc) is 3.21. The monoisotopic (exact) mass is 370 g/mol. The molecule has 0 aliphatic rings. The molecule has 0 saturated carbocycles. The third kappa shape index (κ3) is 3.55. The van der Waals surface area contributed by atoms with E-state index < -0.39 is 0 Å². The first-order valence-electron chi connectivity index (χ1n) is 8.07. The Labute approximate surface area is 157 Å². The fourth-order valence-corrected chi connectivity index (χ4v) is 2.86. The molecule has 1 aromatic heterocycles. The fourth-order valence-electron chi connectivity index (χ4n) is 2.68. The summed E-state index contributed by atoms with van der Waals surface area (Å²) in [6.45, 7) is 1.97. The molecule has 0 aliphatic heterocycles. The number of hydrogen-bond acceptors (Lipinski definition) is 4. The third-order valence-electron chi connectivity index (χ3n) is 4.35. The van der Waals surface area contributed by atoms with Gasteiger partial charge in [0, 0.05) is 12.1 Å². The molecule has 0 spiro atoms. The molecule has 26 heavy (non-hydrogen) atoms. The second kappa shape index (κ2) is 7.58. The molecule has 0 bridgehead atoms. The molecule has 0 radical (unpaired) electrons. The smallest absolute Gasteiger partial charge is 0.257 e. The van der Waals surface area contributed by atoms with Gasteiger partial charge in [0.2, 0.25) is 0 Å². The maximum absolute atomic E-state index is 12.9. The first kappa shape index (κ1) is 17.9. The highest BCUT2D eigenvalue weighted by Crippen LogP contribution is 2.27. The number of amides is 1. The summed E-state index contributed by atoms with van der Waals surface area (Å²) in [5.74, 6) is 0.345. The van der Waals surface area contributed by atoms with Crippen molar-refractivity contribution >= 4 is 17.5 Å². The zero-order valence-corrected chi connectivity index (χ0v) is 15.5. The Balaban J connectivity index is 1.82. The maximum atomic E-state index is 12.9. The van der Waals surface area contributed by atoms with E-state index in [4.69, 9.17) is 16.3 Å². The van der Waals surface area contributed by atoms with Crippen LogP contribution in [0.5, 0.6) is 5.75 Å². The Morgan fingerprint density at radius 1 is 1.23 bits per heavy atom. The Morgan fingerprint density at radius 3 is 2.58 bits per heavy atom. The Morgan fingerprint density at radius 2 is 1.96 bits per heavy atom. The lowest BCUT2D eigenvalue weighted by Gasteiger charge is -2.26. The van der Waals surface area contributed by atoms with Gasteiger partial charge in [0.25, 0.3) is 5.91 Å². The zero-order chi connectivity index (χ0) is 18.7. The highest BCUT2D eigenvalue weighted by molar-refractivity contribution is 6.31. The number of benzene rings is 2. The molecule has 3 aromatic rings. The van der Waals surface area contributed by atoms with Crippen LogP contribution in [0.4, 0.5) is 0 Å². The van der Waals surface area contributed by atoms with Crippen molar-refractivity contribution in [1.82, 2.24) is 19.7 Å². The van der Waals surface area contributed by atoms with Crippen LogP contribution < -0.4 is 4.74 Å². The van der Waals surface area contributed by atoms with Gasteiger partial charge in [-0.2, -0.15) is 5.10 Å². The molecular formula is C19H19ClN4O2. The number of carbonyl (C=O) groups excluding carboxylic acids is 1. The van der Waals surface area contributed by atoms with Crippen LogP contribution in [-0.4, -0.2) is 39.7 Å². The first-order valence-corrected chi connectivity index (χ1v) is 8.44. The second-order valence-corrected chi connectivity index (χ2v) is 6.30. The van der Waals surface area contributed by atoms with Gasteiger partial charge < -0.3 is 9.64 Å². The Bertz CT molecular complexity index is 894. The van der Waals surface area contributed by atoms with Gasteiger partial charge in [-0.05, 0) is 42.8 Å². The predicted octanol–water partition coefficient (Wildman–Crippen LogP) is 3.76. The van der Waals surface area contributed by atoms with E-state index in [2.05, 4.69) is 10.1 Å². The van der Waals surface area contributed by atoms with Crippen LogP contribution in [0.15, 0.2) is 55.1 Å². The van der Waals surface area contributed by atoms with Crippen LogP contribution in [-0.2, 0) is 0 Å². The molecule has 6 nitrogen and oxygen atoms in total. The van der Waals surface area contributed by atoms with Crippen molar-refractivity contribution in [3.63, 3.8) is 0 Å². The summed E-state index contributed by atoms with van der Waals surface area (Å²) < 4.78 is 6.97. The van der Waals surface area contributed by atoms with Crippen molar-refractivity contribution in [3.05, 3.63) is 71.3 Å². The standard InChI is InChI=1S/C19H19ClN4O2/c1-13(14-4-7-16(8-5-14)24-12-21-11-22-24)23(2)19(25)17-10-15(20)6-9-18(17)26-3/h4-13H,1-3H3. The fraction of sp³-hybridized carbons (Fsp3) is 0.211. The minimum absolute atomic E-state index is 0.129. The van der Waals surface area contributed by atoms with Gasteiger partial charge in [-0.3, -0.25) is 4.79 Å². The minimum atomic E-state index is -0.155. The normalized spacial score (nSPS) is 11.8. The quantitative estimate of drug-likeness (QED) is 0.686. The van der Waals surface area contributed by atoms with Gasteiger partial charge in [-0.1, -0.05) is 23.7 Å². The zero-order valence-electron chi connectivity index (χ0n) is 14.8. The molecule has 0 aliphatic carbocycles. The summed E-state index contributed by atoms with van der Waals surface area (Å²) in [6.07, 6.45) is 3.13. The van der Waals surface area contributed by atoms with Crippen LogP contribution in [0.1, 0.15) is 28.9 Å². The molecule has 1 heterocycles. The van der Waals surface area contributed by atoms with Gasteiger partial charge in [0.15, 0.2) is 0 Å². The molecule has 134 valence electrons. The lowest BCUT2D eigenvalue weighted by atomic mass is 10.1. The average molecular weight is 371 g/mol. The Hall–Kier alpha value is -2.86. The van der Waals surface area contributed by atoms with Crippen molar-refractivity contribution in [2.24, 2.45) is 0 Å².